The van der Waals surface area contributed by atoms with Crippen molar-refractivity contribution in [3.05, 3.63) is 65.7 Å². The molecule has 0 unspecified atom stereocenters. The van der Waals surface area contributed by atoms with E-state index in [1.165, 1.54) is 11.3 Å². The van der Waals surface area contributed by atoms with Gasteiger partial charge in [-0.2, -0.15) is 5.26 Å². The van der Waals surface area contributed by atoms with Gasteiger partial charge in [0.05, 0.1) is 10.2 Å². The zero-order valence-corrected chi connectivity index (χ0v) is 12.3. The van der Waals surface area contributed by atoms with Crippen LogP contribution < -0.4 is 5.32 Å². The molecule has 22 heavy (non-hydrogen) atoms. The summed E-state index contributed by atoms with van der Waals surface area (Å²) in [7, 11) is 0. The van der Waals surface area contributed by atoms with Gasteiger partial charge in [0.25, 0.3) is 5.91 Å². The second kappa shape index (κ2) is 6.20. The van der Waals surface area contributed by atoms with Gasteiger partial charge in [-0.15, -0.1) is 0 Å². The van der Waals surface area contributed by atoms with Crippen molar-refractivity contribution >= 4 is 38.7 Å². The van der Waals surface area contributed by atoms with Gasteiger partial charge >= 0.3 is 0 Å². The number of anilines is 1. The van der Waals surface area contributed by atoms with Crippen molar-refractivity contribution in [3.8, 4) is 6.07 Å². The van der Waals surface area contributed by atoms with Gasteiger partial charge in [0.2, 0.25) is 0 Å². The van der Waals surface area contributed by atoms with Crippen LogP contribution in [-0.2, 0) is 4.79 Å². The molecule has 0 aliphatic rings. The van der Waals surface area contributed by atoms with Crippen molar-refractivity contribution < 1.29 is 4.79 Å². The first-order valence-electron chi connectivity index (χ1n) is 6.60. The van der Waals surface area contributed by atoms with Gasteiger partial charge in [-0.1, -0.05) is 53.8 Å². The summed E-state index contributed by atoms with van der Waals surface area (Å²) in [6.45, 7) is 0. The van der Waals surface area contributed by atoms with Crippen molar-refractivity contribution in [2.24, 2.45) is 0 Å². The predicted octanol–water partition coefficient (Wildman–Crippen LogP) is 3.84. The Morgan fingerprint density at radius 2 is 1.86 bits per heavy atom. The minimum absolute atomic E-state index is 0.0467. The number of hydrogen-bond acceptors (Lipinski definition) is 4. The first-order valence-corrected chi connectivity index (χ1v) is 7.42. The lowest BCUT2D eigenvalue weighted by molar-refractivity contribution is -0.112. The van der Waals surface area contributed by atoms with Crippen molar-refractivity contribution in [1.29, 1.82) is 5.26 Å². The van der Waals surface area contributed by atoms with E-state index in [9.17, 15) is 10.1 Å². The maximum Gasteiger partial charge on any atom is 0.268 e. The van der Waals surface area contributed by atoms with Crippen molar-refractivity contribution in [2.45, 2.75) is 0 Å². The van der Waals surface area contributed by atoms with Crippen LogP contribution in [0.15, 0.2) is 60.2 Å². The van der Waals surface area contributed by atoms with E-state index < -0.39 is 5.91 Å². The summed E-state index contributed by atoms with van der Waals surface area (Å²) in [4.78, 5) is 16.5. The summed E-state index contributed by atoms with van der Waals surface area (Å²) < 4.78 is 0.989. The minimum atomic E-state index is -0.453. The molecule has 1 amide bonds. The molecule has 0 aliphatic carbocycles. The van der Waals surface area contributed by atoms with Crippen LogP contribution in [0.25, 0.3) is 16.3 Å². The fourth-order valence-electron chi connectivity index (χ4n) is 1.95. The Morgan fingerprint density at radius 3 is 2.59 bits per heavy atom. The number of aromatic nitrogens is 1. The summed E-state index contributed by atoms with van der Waals surface area (Å²) in [5, 5.41) is 12.3. The van der Waals surface area contributed by atoms with Crippen LogP contribution in [0.5, 0.6) is 0 Å². The number of carbonyl (C=O) groups is 1. The van der Waals surface area contributed by atoms with Crippen LogP contribution >= 0.6 is 11.3 Å². The second-order valence-corrected chi connectivity index (χ2v) is 5.55. The number of hydrogen-bond donors (Lipinski definition) is 1. The highest BCUT2D eigenvalue weighted by Gasteiger charge is 2.12. The Balaban J connectivity index is 1.83. The average molecular weight is 305 g/mol. The van der Waals surface area contributed by atoms with E-state index in [1.54, 1.807) is 6.08 Å². The number of para-hydroxylation sites is 1. The molecule has 4 nitrogen and oxygen atoms in total. The molecular formula is C17H11N3OS. The molecule has 1 heterocycles. The topological polar surface area (TPSA) is 65.8 Å². The number of thiazole rings is 1. The van der Waals surface area contributed by atoms with Crippen LogP contribution in [0, 0.1) is 11.3 Å². The van der Waals surface area contributed by atoms with E-state index in [-0.39, 0.29) is 5.57 Å². The summed E-state index contributed by atoms with van der Waals surface area (Å²) in [6, 6.07) is 18.8. The number of rotatable bonds is 3. The van der Waals surface area contributed by atoms with E-state index in [0.717, 1.165) is 15.8 Å². The van der Waals surface area contributed by atoms with Crippen molar-refractivity contribution in [1.82, 2.24) is 4.98 Å². The highest BCUT2D eigenvalue weighted by Crippen LogP contribution is 2.25. The Kier molecular flexibility index (Phi) is 3.95. The molecule has 1 aromatic heterocycles. The first kappa shape index (κ1) is 14.0. The lowest BCUT2D eigenvalue weighted by Gasteiger charge is -1.99. The maximum absolute atomic E-state index is 12.2. The molecule has 0 spiro atoms. The van der Waals surface area contributed by atoms with Gasteiger partial charge in [-0.25, -0.2) is 4.98 Å². The predicted molar refractivity (Wildman–Crippen MR) is 88.3 cm³/mol. The summed E-state index contributed by atoms with van der Waals surface area (Å²) in [5.41, 5.74) is 1.68. The van der Waals surface area contributed by atoms with Crippen LogP contribution in [0.4, 0.5) is 5.13 Å². The van der Waals surface area contributed by atoms with Gasteiger partial charge in [0.15, 0.2) is 5.13 Å². The summed E-state index contributed by atoms with van der Waals surface area (Å²) in [6.07, 6.45) is 1.56. The molecule has 0 bridgehead atoms. The lowest BCUT2D eigenvalue weighted by Crippen LogP contribution is -2.13. The highest BCUT2D eigenvalue weighted by atomic mass is 32.1. The van der Waals surface area contributed by atoms with Crippen LogP contribution in [0.2, 0.25) is 0 Å². The molecule has 0 saturated carbocycles. The van der Waals surface area contributed by atoms with Gasteiger partial charge < -0.3 is 0 Å². The largest absolute Gasteiger partial charge is 0.297 e. The molecule has 0 saturated heterocycles. The third-order valence-electron chi connectivity index (χ3n) is 2.99. The summed E-state index contributed by atoms with van der Waals surface area (Å²) >= 11 is 1.38. The van der Waals surface area contributed by atoms with E-state index in [0.29, 0.717) is 5.13 Å². The summed E-state index contributed by atoms with van der Waals surface area (Å²) in [5.74, 6) is -0.453. The number of fused-ring (bicyclic) bond motifs is 1. The molecule has 0 aliphatic heterocycles. The molecule has 1 N–H and O–H groups in total. The normalized spacial score (nSPS) is 11.1. The standard InChI is InChI=1S/C17H11N3OS/c18-11-13(10-12-6-2-1-3-7-12)16(21)20-17-19-14-8-4-5-9-15(14)22-17/h1-10H,(H,19,20,21). The smallest absolute Gasteiger partial charge is 0.268 e. The van der Waals surface area contributed by atoms with Gasteiger partial charge in [-0.3, -0.25) is 10.1 Å². The molecule has 0 atom stereocenters. The molecular weight excluding hydrogens is 294 g/mol. The van der Waals surface area contributed by atoms with E-state index in [1.807, 2.05) is 60.7 Å². The zero-order chi connectivity index (χ0) is 15.4. The Hall–Kier alpha value is -2.97. The highest BCUT2D eigenvalue weighted by molar-refractivity contribution is 7.22. The molecule has 3 rings (SSSR count). The third-order valence-corrected chi connectivity index (χ3v) is 3.94. The van der Waals surface area contributed by atoms with E-state index in [4.69, 9.17) is 0 Å². The van der Waals surface area contributed by atoms with Crippen molar-refractivity contribution in [2.75, 3.05) is 5.32 Å². The van der Waals surface area contributed by atoms with Crippen molar-refractivity contribution in [3.63, 3.8) is 0 Å². The van der Waals surface area contributed by atoms with Gasteiger partial charge in [0, 0.05) is 0 Å². The lowest BCUT2D eigenvalue weighted by atomic mass is 10.1. The first-order chi connectivity index (χ1) is 10.8. The average Bonchev–Trinajstić information content (AvgIpc) is 2.95. The van der Waals surface area contributed by atoms with Gasteiger partial charge in [-0.05, 0) is 23.8 Å². The maximum atomic E-state index is 12.2. The number of amides is 1. The zero-order valence-electron chi connectivity index (χ0n) is 11.5. The fraction of sp³-hybridized carbons (Fsp3) is 0. The van der Waals surface area contributed by atoms with Gasteiger partial charge in [0.1, 0.15) is 11.6 Å². The molecule has 106 valence electrons. The third kappa shape index (κ3) is 3.03. The number of nitrogens with zero attached hydrogens (tertiary/aromatic N) is 2. The fourth-order valence-corrected chi connectivity index (χ4v) is 2.82. The molecule has 0 fully saturated rings. The monoisotopic (exact) mass is 305 g/mol. The second-order valence-electron chi connectivity index (χ2n) is 4.52. The number of nitrogens with one attached hydrogen (secondary N) is 1. The Bertz CT molecular complexity index is 858. The van der Waals surface area contributed by atoms with E-state index in [2.05, 4.69) is 10.3 Å². The SMILES string of the molecule is N#CC(=Cc1ccccc1)C(=O)Nc1nc2ccccc2s1. The Labute approximate surface area is 131 Å². The number of nitriles is 1. The van der Waals surface area contributed by atoms with Crippen LogP contribution in [0.3, 0.4) is 0 Å². The number of benzene rings is 2. The minimum Gasteiger partial charge on any atom is -0.297 e. The molecule has 3 aromatic rings. The van der Waals surface area contributed by atoms with E-state index >= 15 is 0 Å². The quantitative estimate of drug-likeness (QED) is 0.590. The molecule has 0 radical (unpaired) electrons. The molecule has 2 aromatic carbocycles. The Morgan fingerprint density at radius 1 is 1.14 bits per heavy atom. The molecule has 5 heteroatoms. The van der Waals surface area contributed by atoms with Crippen LogP contribution in [0.1, 0.15) is 5.56 Å². The van der Waals surface area contributed by atoms with Crippen LogP contribution in [-0.4, -0.2) is 10.9 Å². The number of carbonyl (C=O) groups excluding carboxylic acids is 1.